The van der Waals surface area contributed by atoms with Gasteiger partial charge in [-0.3, -0.25) is 0 Å². The molecule has 0 amide bonds. The van der Waals surface area contributed by atoms with Gasteiger partial charge in [0.05, 0.1) is 0 Å². The van der Waals surface area contributed by atoms with E-state index in [0.29, 0.717) is 0 Å². The Bertz CT molecular complexity index is 13.7. The van der Waals surface area contributed by atoms with Crippen LogP contribution in [-0.2, 0) is 42.6 Å². The van der Waals surface area contributed by atoms with E-state index in [-0.39, 0.29) is 165 Å². The van der Waals surface area contributed by atoms with Crippen molar-refractivity contribution >= 4 is 19.8 Å². The monoisotopic (exact) mass is 264 g/mol. The Morgan fingerprint density at radius 3 is 0.571 bits per heavy atom. The van der Waals surface area contributed by atoms with E-state index in [1.165, 1.54) is 0 Å². The summed E-state index contributed by atoms with van der Waals surface area (Å²) >= 11 is 0. The van der Waals surface area contributed by atoms with Gasteiger partial charge in [-0.2, -0.15) is 19.8 Å². The first kappa shape index (κ1) is 56.2. The van der Waals surface area contributed by atoms with Crippen LogP contribution in [0.1, 0.15) is 0 Å². The van der Waals surface area contributed by atoms with Crippen LogP contribution < -0.4 is 103 Å². The third-order valence-electron chi connectivity index (χ3n) is 0. The molecule has 0 aromatic rings. The van der Waals surface area contributed by atoms with Crippen molar-refractivity contribution in [2.24, 2.45) is 0 Å². The Morgan fingerprint density at radius 1 is 0.571 bits per heavy atom. The molecule has 7 heteroatoms. The van der Waals surface area contributed by atoms with Crippen molar-refractivity contribution in [1.82, 2.24) is 0 Å². The van der Waals surface area contributed by atoms with Crippen LogP contribution in [0.4, 0.5) is 0 Å². The summed E-state index contributed by atoms with van der Waals surface area (Å²) in [4.78, 5) is 0. The van der Waals surface area contributed by atoms with E-state index in [0.717, 1.165) is 0 Å². The largest absolute Gasteiger partial charge is 2.00 e. The zero-order valence-corrected chi connectivity index (χ0v) is 16.6. The minimum atomic E-state index is 0. The molecule has 0 fully saturated rings. The molecule has 0 aliphatic heterocycles. The summed E-state index contributed by atoms with van der Waals surface area (Å²) in [6, 6.07) is 0. The van der Waals surface area contributed by atoms with Crippen LogP contribution in [0.3, 0.4) is 0 Å². The Hall–Kier alpha value is 5.26. The van der Waals surface area contributed by atoms with Crippen molar-refractivity contribution in [1.29, 1.82) is 0 Å². The standard InChI is InChI=1S/2K.O.2H3P.2V/h;;;2*1H3;;/q2*+1;-2;;;;. The summed E-state index contributed by atoms with van der Waals surface area (Å²) < 4.78 is 0. The van der Waals surface area contributed by atoms with E-state index in [2.05, 4.69) is 0 Å². The smallest absolute Gasteiger partial charge is 1.00 e. The molecule has 7 heavy (non-hydrogen) atoms. The van der Waals surface area contributed by atoms with Gasteiger partial charge in [-0.15, -0.1) is 0 Å². The van der Waals surface area contributed by atoms with Gasteiger partial charge < -0.3 is 5.48 Å². The quantitative estimate of drug-likeness (QED) is 0.308. The molecule has 0 aliphatic carbocycles. The minimum absolute atomic E-state index is 0. The molecule has 2 radical (unpaired) electrons. The fraction of sp³-hybridized carbons (Fsp3) is 0. The molecule has 34 valence electrons. The van der Waals surface area contributed by atoms with Crippen LogP contribution in [0.15, 0.2) is 0 Å². The molecule has 0 saturated carbocycles. The summed E-state index contributed by atoms with van der Waals surface area (Å²) in [6.07, 6.45) is 0. The summed E-state index contributed by atoms with van der Waals surface area (Å²) in [6.45, 7) is 0. The second kappa shape index (κ2) is 42.8. The van der Waals surface area contributed by atoms with Gasteiger partial charge in [-0.05, 0) is 0 Å². The number of rotatable bonds is 0. The van der Waals surface area contributed by atoms with Crippen molar-refractivity contribution in [3.05, 3.63) is 0 Å². The molecule has 0 bridgehead atoms. The Labute approximate surface area is 160 Å². The summed E-state index contributed by atoms with van der Waals surface area (Å²) in [5, 5.41) is 0. The normalized spacial score (nSPS) is 0. The molecule has 0 aromatic heterocycles. The predicted octanol–water partition coefficient (Wildman–Crippen LogP) is -6.00. The second-order valence-corrected chi connectivity index (χ2v) is 0. The van der Waals surface area contributed by atoms with Gasteiger partial charge in [0.25, 0.3) is 0 Å². The minimum Gasteiger partial charge on any atom is -2.00 e. The van der Waals surface area contributed by atoms with Crippen LogP contribution in [0.5, 0.6) is 0 Å². The van der Waals surface area contributed by atoms with E-state index in [9.17, 15) is 0 Å². The third kappa shape index (κ3) is 34.9. The molecule has 0 spiro atoms. The first-order valence-electron chi connectivity index (χ1n) is 0. The average molecular weight is 264 g/mol. The van der Waals surface area contributed by atoms with Crippen LogP contribution in [-0.4, -0.2) is 0 Å². The molecule has 1 nitrogen and oxygen atoms in total. The van der Waals surface area contributed by atoms with Gasteiger partial charge in [0.1, 0.15) is 0 Å². The average Bonchev–Trinajstić information content (AvgIpc) is 0. The first-order chi connectivity index (χ1) is 0. The van der Waals surface area contributed by atoms with Crippen molar-refractivity contribution in [3.8, 4) is 0 Å². The SMILES string of the molecule is P.P.[K+].[K+].[O-2].[V].[V]. The third-order valence-corrected chi connectivity index (χ3v) is 0. The van der Waals surface area contributed by atoms with Crippen LogP contribution in [0.25, 0.3) is 0 Å². The molecule has 2 atom stereocenters. The molecule has 2 unspecified atom stereocenters. The van der Waals surface area contributed by atoms with Gasteiger partial charge in [-0.1, -0.05) is 0 Å². The maximum absolute atomic E-state index is 0. The molecule has 0 saturated heterocycles. The maximum atomic E-state index is 0. The molecule has 0 aliphatic rings. The maximum Gasteiger partial charge on any atom is 1.00 e. The van der Waals surface area contributed by atoms with Crippen molar-refractivity contribution < 1.29 is 145 Å². The Kier molecular flexibility index (Phi) is 344. The van der Waals surface area contributed by atoms with Crippen LogP contribution >= 0.6 is 19.8 Å². The summed E-state index contributed by atoms with van der Waals surface area (Å²) in [5.74, 6) is 0. The first-order valence-corrected chi connectivity index (χ1v) is 0. The van der Waals surface area contributed by atoms with E-state index >= 15 is 0 Å². The van der Waals surface area contributed by atoms with Crippen molar-refractivity contribution in [2.45, 2.75) is 0 Å². The van der Waals surface area contributed by atoms with Gasteiger partial charge in [-0.25, -0.2) is 0 Å². The van der Waals surface area contributed by atoms with E-state index in [1.807, 2.05) is 0 Å². The number of hydrogen-bond donors (Lipinski definition) is 0. The van der Waals surface area contributed by atoms with Crippen LogP contribution in [0.2, 0.25) is 0 Å². The molecular formula is H6K2OP2V2. The van der Waals surface area contributed by atoms with Crippen molar-refractivity contribution in [2.75, 3.05) is 0 Å². The zero-order valence-electron chi connectivity index (χ0n) is 4.72. The van der Waals surface area contributed by atoms with Gasteiger partial charge in [0.15, 0.2) is 0 Å². The fourth-order valence-corrected chi connectivity index (χ4v) is 0. The second-order valence-electron chi connectivity index (χ2n) is 0. The summed E-state index contributed by atoms with van der Waals surface area (Å²) in [7, 11) is 0. The Balaban J connectivity index is 0. The van der Waals surface area contributed by atoms with E-state index < -0.39 is 0 Å². The summed E-state index contributed by atoms with van der Waals surface area (Å²) in [5.41, 5.74) is 0. The van der Waals surface area contributed by atoms with Gasteiger partial charge in [0, 0.05) is 37.1 Å². The number of hydrogen-bond acceptors (Lipinski definition) is 0. The van der Waals surface area contributed by atoms with E-state index in [4.69, 9.17) is 0 Å². The van der Waals surface area contributed by atoms with Gasteiger partial charge >= 0.3 is 103 Å². The zero-order chi connectivity index (χ0) is 0. The fourth-order valence-electron chi connectivity index (χ4n) is 0. The van der Waals surface area contributed by atoms with Gasteiger partial charge in [0.2, 0.25) is 0 Å². The molecule has 0 heterocycles. The molecule has 0 rings (SSSR count). The molecule has 0 aromatic carbocycles. The van der Waals surface area contributed by atoms with Crippen molar-refractivity contribution in [3.63, 3.8) is 0 Å². The Morgan fingerprint density at radius 2 is 0.571 bits per heavy atom. The predicted molar refractivity (Wildman–Crippen MR) is 22.9 cm³/mol. The topological polar surface area (TPSA) is 28.5 Å². The van der Waals surface area contributed by atoms with Crippen LogP contribution in [0, 0.1) is 0 Å². The molecule has 0 N–H and O–H groups in total. The van der Waals surface area contributed by atoms with E-state index in [1.54, 1.807) is 0 Å². The molecular weight excluding hydrogens is 258 g/mol.